The first-order valence-corrected chi connectivity index (χ1v) is 5.30. The lowest BCUT2D eigenvalue weighted by Gasteiger charge is -2.07. The van der Waals surface area contributed by atoms with E-state index in [1.54, 1.807) is 6.07 Å². The van der Waals surface area contributed by atoms with E-state index < -0.39 is 23.0 Å². The normalized spacial score (nSPS) is 10.4. The van der Waals surface area contributed by atoms with E-state index >= 15 is 0 Å². The van der Waals surface area contributed by atoms with Gasteiger partial charge < -0.3 is 10.1 Å². The van der Waals surface area contributed by atoms with Crippen LogP contribution in [0.3, 0.4) is 0 Å². The van der Waals surface area contributed by atoms with Crippen LogP contribution in [0, 0.1) is 5.82 Å². The summed E-state index contributed by atoms with van der Waals surface area (Å²) < 4.78 is 13.7. The molecule has 2 aromatic rings. The third kappa shape index (κ3) is 2.44. The summed E-state index contributed by atoms with van der Waals surface area (Å²) in [6.07, 6.45) is 0.671. The van der Waals surface area contributed by atoms with Crippen molar-refractivity contribution in [1.82, 2.24) is 9.55 Å². The molecule has 0 saturated carbocycles. The predicted molar refractivity (Wildman–Crippen MR) is 63.8 cm³/mol. The van der Waals surface area contributed by atoms with Crippen LogP contribution in [0.4, 0.5) is 4.39 Å². The van der Waals surface area contributed by atoms with Gasteiger partial charge in [-0.15, -0.1) is 0 Å². The number of carboxylic acid groups (broad SMARTS) is 1. The fourth-order valence-electron chi connectivity index (χ4n) is 1.67. The average Bonchev–Trinajstić information content (AvgIpc) is 2.39. The number of nitrogens with one attached hydrogen (secondary N) is 1. The Hall–Kier alpha value is -2.70. The number of H-pyrrole nitrogens is 1. The van der Waals surface area contributed by atoms with Crippen LogP contribution in [-0.2, 0) is 6.54 Å². The monoisotopic (exact) mass is 264 g/mol. The van der Waals surface area contributed by atoms with Gasteiger partial charge in [0.1, 0.15) is 0 Å². The molecule has 1 aromatic carbocycles. The molecular weight excluding hydrogens is 255 g/mol. The Kier molecular flexibility index (Phi) is 3.28. The van der Waals surface area contributed by atoms with E-state index in [0.29, 0.717) is 10.8 Å². The largest absolute Gasteiger partial charge is 0.478 e. The predicted octanol–water partition coefficient (Wildman–Crippen LogP) is 0.422. The van der Waals surface area contributed by atoms with Gasteiger partial charge in [0.15, 0.2) is 0 Å². The number of hydrogen-bond acceptors (Lipinski definition) is 3. The van der Waals surface area contributed by atoms with Gasteiger partial charge in [-0.25, -0.2) is 9.59 Å². The molecule has 0 aliphatic rings. The van der Waals surface area contributed by atoms with Gasteiger partial charge in [0.25, 0.3) is 5.56 Å². The molecule has 2 N–H and O–H groups in total. The van der Waals surface area contributed by atoms with E-state index in [4.69, 9.17) is 5.11 Å². The quantitative estimate of drug-likeness (QED) is 0.840. The van der Waals surface area contributed by atoms with Crippen LogP contribution in [0.15, 0.2) is 40.1 Å². The molecule has 0 fully saturated rings. The summed E-state index contributed by atoms with van der Waals surface area (Å²) >= 11 is 0. The molecule has 0 spiro atoms. The Labute approximate surface area is 105 Å². The van der Waals surface area contributed by atoms with Crippen molar-refractivity contribution in [3.63, 3.8) is 0 Å². The minimum absolute atomic E-state index is 0.0435. The van der Waals surface area contributed by atoms with Crippen molar-refractivity contribution in [2.75, 3.05) is 0 Å². The average molecular weight is 264 g/mol. The minimum atomic E-state index is -1.18. The first kappa shape index (κ1) is 12.7. The number of hydrogen-bond donors (Lipinski definition) is 2. The molecule has 0 saturated heterocycles. The summed E-state index contributed by atoms with van der Waals surface area (Å²) in [6, 6.07) is 5.89. The molecule has 1 heterocycles. The topological polar surface area (TPSA) is 92.2 Å². The molecule has 1 aromatic heterocycles. The Bertz CT molecular complexity index is 748. The highest BCUT2D eigenvalue weighted by Crippen LogP contribution is 2.09. The van der Waals surface area contributed by atoms with E-state index in [0.717, 1.165) is 0 Å². The van der Waals surface area contributed by atoms with Crippen LogP contribution in [0.5, 0.6) is 0 Å². The second-order valence-corrected chi connectivity index (χ2v) is 3.80. The van der Waals surface area contributed by atoms with E-state index in [1.165, 1.54) is 18.2 Å². The van der Waals surface area contributed by atoms with Crippen molar-refractivity contribution < 1.29 is 14.3 Å². The van der Waals surface area contributed by atoms with Gasteiger partial charge in [-0.3, -0.25) is 9.36 Å². The zero-order valence-electron chi connectivity index (χ0n) is 9.59. The molecule has 0 radical (unpaired) electrons. The van der Waals surface area contributed by atoms with Gasteiger partial charge in [0.05, 0.1) is 12.1 Å². The Morgan fingerprint density at radius 2 is 2.00 bits per heavy atom. The van der Waals surface area contributed by atoms with Crippen molar-refractivity contribution in [1.29, 1.82) is 0 Å². The van der Waals surface area contributed by atoms with Crippen LogP contribution < -0.4 is 11.2 Å². The Morgan fingerprint density at radius 3 is 2.68 bits per heavy atom. The molecular formula is C12H9FN2O4. The lowest BCUT2D eigenvalue weighted by Crippen LogP contribution is -2.37. The maximum Gasteiger partial charge on any atom is 0.336 e. The molecule has 6 nitrogen and oxygen atoms in total. The third-order valence-electron chi connectivity index (χ3n) is 2.59. The fourth-order valence-corrected chi connectivity index (χ4v) is 1.67. The number of rotatable bonds is 3. The standard InChI is InChI=1S/C12H9FN2O4/c13-9-5-14-12(19)15(10(9)16)6-7-3-1-2-4-8(7)11(17)18/h1-5H,6H2,(H,14,19)(H,17,18). The molecule has 7 heteroatoms. The molecule has 19 heavy (non-hydrogen) atoms. The highest BCUT2D eigenvalue weighted by molar-refractivity contribution is 5.89. The summed E-state index contributed by atoms with van der Waals surface area (Å²) in [5.74, 6) is -2.29. The summed E-state index contributed by atoms with van der Waals surface area (Å²) in [6.45, 7) is -0.311. The number of halogens is 1. The van der Waals surface area contributed by atoms with Gasteiger partial charge in [-0.1, -0.05) is 18.2 Å². The first-order valence-electron chi connectivity index (χ1n) is 5.30. The van der Waals surface area contributed by atoms with Crippen molar-refractivity contribution in [3.8, 4) is 0 Å². The van der Waals surface area contributed by atoms with E-state index in [-0.39, 0.29) is 17.7 Å². The molecule has 0 bridgehead atoms. The molecule has 98 valence electrons. The van der Waals surface area contributed by atoms with E-state index in [2.05, 4.69) is 4.98 Å². The van der Waals surface area contributed by atoms with Crippen molar-refractivity contribution in [3.05, 3.63) is 68.2 Å². The maximum atomic E-state index is 13.1. The first-order chi connectivity index (χ1) is 9.00. The molecule has 0 aliphatic carbocycles. The maximum absolute atomic E-state index is 13.1. The minimum Gasteiger partial charge on any atom is -0.478 e. The van der Waals surface area contributed by atoms with Crippen molar-refractivity contribution in [2.45, 2.75) is 6.54 Å². The number of aromatic nitrogens is 2. The fraction of sp³-hybridized carbons (Fsp3) is 0.0833. The molecule has 2 rings (SSSR count). The zero-order valence-corrected chi connectivity index (χ0v) is 9.59. The van der Waals surface area contributed by atoms with Gasteiger partial charge in [0.2, 0.25) is 5.82 Å². The molecule has 0 amide bonds. The van der Waals surface area contributed by atoms with Gasteiger partial charge in [-0.2, -0.15) is 4.39 Å². The zero-order chi connectivity index (χ0) is 14.0. The van der Waals surface area contributed by atoms with E-state index in [9.17, 15) is 18.8 Å². The molecule has 0 aliphatic heterocycles. The number of nitrogens with zero attached hydrogens (tertiary/aromatic N) is 1. The number of benzene rings is 1. The van der Waals surface area contributed by atoms with Gasteiger partial charge in [-0.05, 0) is 11.6 Å². The van der Waals surface area contributed by atoms with Crippen LogP contribution in [0.1, 0.15) is 15.9 Å². The third-order valence-corrected chi connectivity index (χ3v) is 2.59. The second kappa shape index (κ2) is 4.89. The lowest BCUT2D eigenvalue weighted by molar-refractivity contribution is 0.0695. The lowest BCUT2D eigenvalue weighted by atomic mass is 10.1. The van der Waals surface area contributed by atoms with E-state index in [1.807, 2.05) is 0 Å². The highest BCUT2D eigenvalue weighted by Gasteiger charge is 2.12. The van der Waals surface area contributed by atoms with Crippen LogP contribution in [-0.4, -0.2) is 20.6 Å². The summed E-state index contributed by atoms with van der Waals surface area (Å²) in [5, 5.41) is 8.99. The summed E-state index contributed by atoms with van der Waals surface area (Å²) in [5.41, 5.74) is -1.69. The van der Waals surface area contributed by atoms with Gasteiger partial charge in [0, 0.05) is 6.20 Å². The number of carboxylic acids is 1. The number of aromatic carboxylic acids is 1. The van der Waals surface area contributed by atoms with Crippen molar-refractivity contribution in [2.24, 2.45) is 0 Å². The second-order valence-electron chi connectivity index (χ2n) is 3.80. The van der Waals surface area contributed by atoms with Crippen molar-refractivity contribution >= 4 is 5.97 Å². The highest BCUT2D eigenvalue weighted by atomic mass is 19.1. The molecule has 0 atom stereocenters. The Morgan fingerprint density at radius 1 is 1.32 bits per heavy atom. The van der Waals surface area contributed by atoms with Crippen LogP contribution in [0.25, 0.3) is 0 Å². The van der Waals surface area contributed by atoms with Gasteiger partial charge >= 0.3 is 11.7 Å². The smallest absolute Gasteiger partial charge is 0.336 e. The van der Waals surface area contributed by atoms with Crippen LogP contribution >= 0.6 is 0 Å². The summed E-state index contributed by atoms with van der Waals surface area (Å²) in [7, 11) is 0. The SMILES string of the molecule is O=C(O)c1ccccc1Cn1c(=O)[nH]cc(F)c1=O. The Balaban J connectivity index is 2.54. The van der Waals surface area contributed by atoms with Crippen LogP contribution in [0.2, 0.25) is 0 Å². The number of carbonyl (C=O) groups is 1. The summed E-state index contributed by atoms with van der Waals surface area (Å²) in [4.78, 5) is 36.0. The molecule has 0 unspecified atom stereocenters. The number of aromatic amines is 1.